The maximum absolute atomic E-state index is 5.71. The van der Waals surface area contributed by atoms with E-state index in [1.165, 1.54) is 0 Å². The van der Waals surface area contributed by atoms with E-state index >= 15 is 0 Å². The van der Waals surface area contributed by atoms with E-state index in [0.717, 1.165) is 43.2 Å². The highest BCUT2D eigenvalue weighted by molar-refractivity contribution is 5.80. The van der Waals surface area contributed by atoms with Crippen LogP contribution in [0.4, 0.5) is 0 Å². The summed E-state index contributed by atoms with van der Waals surface area (Å²) in [5.74, 6) is 1.73. The van der Waals surface area contributed by atoms with Crippen LogP contribution in [0.2, 0.25) is 0 Å². The summed E-state index contributed by atoms with van der Waals surface area (Å²) < 4.78 is 5.71. The molecule has 2 rings (SSSR count). The zero-order valence-electron chi connectivity index (χ0n) is 15.8. The van der Waals surface area contributed by atoms with Crippen molar-refractivity contribution in [1.29, 1.82) is 0 Å². The van der Waals surface area contributed by atoms with Crippen LogP contribution in [-0.2, 0) is 6.54 Å². The largest absolute Gasteiger partial charge is 0.489 e. The van der Waals surface area contributed by atoms with Gasteiger partial charge in [0.25, 0.3) is 0 Å². The first-order chi connectivity index (χ1) is 12.1. The van der Waals surface area contributed by atoms with Crippen molar-refractivity contribution in [2.24, 2.45) is 4.99 Å². The summed E-state index contributed by atoms with van der Waals surface area (Å²) in [4.78, 5) is 6.90. The smallest absolute Gasteiger partial charge is 0.191 e. The van der Waals surface area contributed by atoms with E-state index in [0.29, 0.717) is 25.2 Å². The molecule has 1 fully saturated rings. The second kappa shape index (κ2) is 10.1. The zero-order valence-corrected chi connectivity index (χ0v) is 15.8. The second-order valence-corrected chi connectivity index (χ2v) is 6.68. The van der Waals surface area contributed by atoms with Crippen LogP contribution in [0.3, 0.4) is 0 Å². The van der Waals surface area contributed by atoms with E-state index in [4.69, 9.17) is 4.74 Å². The Morgan fingerprint density at radius 3 is 2.72 bits per heavy atom. The summed E-state index contributed by atoms with van der Waals surface area (Å²) in [5.41, 5.74) is 1.11. The van der Waals surface area contributed by atoms with E-state index in [1.807, 2.05) is 25.2 Å². The number of rotatable bonds is 7. The molecule has 0 bridgehead atoms. The Bertz CT molecular complexity index is 563. The first-order valence-corrected chi connectivity index (χ1v) is 9.17. The molecule has 2 N–H and O–H groups in total. The lowest BCUT2D eigenvalue weighted by molar-refractivity contribution is 0.167. The Kier molecular flexibility index (Phi) is 7.79. The lowest BCUT2D eigenvalue weighted by Gasteiger charge is -2.35. The standard InChI is InChI=1S/C20H32N4O/c1-5-14-25-19-9-7-6-8-17(19)15-22-20(21-4)23-18-10-12-24(13-11-18)16(2)3/h5-9,16,18H,1,10-15H2,2-4H3,(H2,21,22,23). The maximum Gasteiger partial charge on any atom is 0.191 e. The molecule has 0 spiro atoms. The number of likely N-dealkylation sites (tertiary alicyclic amines) is 1. The number of aliphatic imine (C=N–C) groups is 1. The quantitative estimate of drug-likeness (QED) is 0.454. The van der Waals surface area contributed by atoms with E-state index in [-0.39, 0.29) is 0 Å². The van der Waals surface area contributed by atoms with Gasteiger partial charge in [-0.15, -0.1) is 0 Å². The minimum Gasteiger partial charge on any atom is -0.489 e. The van der Waals surface area contributed by atoms with Gasteiger partial charge in [0.05, 0.1) is 0 Å². The molecule has 1 saturated heterocycles. The zero-order chi connectivity index (χ0) is 18.1. The molecule has 0 aliphatic carbocycles. The summed E-state index contributed by atoms with van der Waals surface area (Å²) in [6, 6.07) is 9.17. The van der Waals surface area contributed by atoms with Crippen molar-refractivity contribution in [2.75, 3.05) is 26.7 Å². The van der Waals surface area contributed by atoms with Gasteiger partial charge in [-0.3, -0.25) is 4.99 Å². The van der Waals surface area contributed by atoms with E-state index in [9.17, 15) is 0 Å². The highest BCUT2D eigenvalue weighted by Gasteiger charge is 2.21. The van der Waals surface area contributed by atoms with Crippen LogP contribution >= 0.6 is 0 Å². The number of hydrogen-bond acceptors (Lipinski definition) is 3. The highest BCUT2D eigenvalue weighted by Crippen LogP contribution is 2.18. The van der Waals surface area contributed by atoms with Gasteiger partial charge in [0.15, 0.2) is 5.96 Å². The third-order valence-electron chi connectivity index (χ3n) is 4.60. The van der Waals surface area contributed by atoms with Crippen molar-refractivity contribution in [3.8, 4) is 5.75 Å². The van der Waals surface area contributed by atoms with Gasteiger partial charge in [0, 0.05) is 44.3 Å². The van der Waals surface area contributed by atoms with Crippen LogP contribution in [0.25, 0.3) is 0 Å². The second-order valence-electron chi connectivity index (χ2n) is 6.68. The lowest BCUT2D eigenvalue weighted by Crippen LogP contribution is -2.49. The average molecular weight is 345 g/mol. The van der Waals surface area contributed by atoms with Gasteiger partial charge in [0.2, 0.25) is 0 Å². The fraction of sp³-hybridized carbons (Fsp3) is 0.550. The molecule has 0 aromatic heterocycles. The molecule has 0 radical (unpaired) electrons. The number of nitrogens with zero attached hydrogens (tertiary/aromatic N) is 2. The SMILES string of the molecule is C=CCOc1ccccc1CNC(=NC)NC1CCN(C(C)C)CC1. The van der Waals surface area contributed by atoms with E-state index < -0.39 is 0 Å². The summed E-state index contributed by atoms with van der Waals surface area (Å²) in [7, 11) is 1.82. The number of hydrogen-bond donors (Lipinski definition) is 2. The van der Waals surface area contributed by atoms with E-state index in [2.05, 4.69) is 47.0 Å². The van der Waals surface area contributed by atoms with Crippen LogP contribution in [0.5, 0.6) is 5.75 Å². The Morgan fingerprint density at radius 1 is 1.36 bits per heavy atom. The van der Waals surface area contributed by atoms with Crippen LogP contribution in [0.15, 0.2) is 41.9 Å². The molecular weight excluding hydrogens is 312 g/mol. The average Bonchev–Trinajstić information content (AvgIpc) is 2.64. The third kappa shape index (κ3) is 6.09. The van der Waals surface area contributed by atoms with Crippen LogP contribution < -0.4 is 15.4 Å². The molecule has 138 valence electrons. The molecule has 1 heterocycles. The number of guanidine groups is 1. The topological polar surface area (TPSA) is 48.9 Å². The summed E-state index contributed by atoms with van der Waals surface area (Å²) in [5, 5.41) is 6.96. The van der Waals surface area contributed by atoms with Gasteiger partial charge >= 0.3 is 0 Å². The molecule has 1 aliphatic rings. The van der Waals surface area contributed by atoms with Crippen molar-refractivity contribution in [2.45, 2.75) is 45.3 Å². The number of nitrogens with one attached hydrogen (secondary N) is 2. The van der Waals surface area contributed by atoms with Gasteiger partial charge in [-0.25, -0.2) is 0 Å². The van der Waals surface area contributed by atoms with Crippen molar-refractivity contribution in [3.05, 3.63) is 42.5 Å². The summed E-state index contributed by atoms with van der Waals surface area (Å²) in [6.07, 6.45) is 4.06. The maximum atomic E-state index is 5.71. The minimum atomic E-state index is 0.480. The Hall–Kier alpha value is -2.01. The molecule has 0 amide bonds. The molecule has 5 nitrogen and oxygen atoms in total. The Morgan fingerprint density at radius 2 is 2.08 bits per heavy atom. The van der Waals surface area contributed by atoms with Crippen LogP contribution in [0, 0.1) is 0 Å². The van der Waals surface area contributed by atoms with E-state index in [1.54, 1.807) is 6.08 Å². The van der Waals surface area contributed by atoms with Gasteiger partial charge in [-0.2, -0.15) is 0 Å². The normalized spacial score (nSPS) is 16.7. The van der Waals surface area contributed by atoms with Gasteiger partial charge in [0.1, 0.15) is 12.4 Å². The summed E-state index contributed by atoms with van der Waals surface area (Å²) >= 11 is 0. The van der Waals surface area contributed by atoms with Gasteiger partial charge in [-0.05, 0) is 32.8 Å². The molecule has 1 aromatic rings. The first kappa shape index (κ1) is 19.3. The lowest BCUT2D eigenvalue weighted by atomic mass is 10.0. The number of ether oxygens (including phenoxy) is 1. The fourth-order valence-electron chi connectivity index (χ4n) is 3.07. The fourth-order valence-corrected chi connectivity index (χ4v) is 3.07. The first-order valence-electron chi connectivity index (χ1n) is 9.17. The predicted molar refractivity (Wildman–Crippen MR) is 105 cm³/mol. The molecule has 1 aromatic carbocycles. The van der Waals surface area contributed by atoms with Crippen LogP contribution in [0.1, 0.15) is 32.3 Å². The molecule has 0 atom stereocenters. The molecule has 0 unspecified atom stereocenters. The molecule has 1 aliphatic heterocycles. The monoisotopic (exact) mass is 344 g/mol. The highest BCUT2D eigenvalue weighted by atomic mass is 16.5. The summed E-state index contributed by atoms with van der Waals surface area (Å²) in [6.45, 7) is 11.7. The molecule has 25 heavy (non-hydrogen) atoms. The Labute approximate surface area is 152 Å². The number of benzene rings is 1. The van der Waals surface area contributed by atoms with Crippen molar-refractivity contribution in [1.82, 2.24) is 15.5 Å². The minimum absolute atomic E-state index is 0.480. The van der Waals surface area contributed by atoms with Crippen LogP contribution in [-0.4, -0.2) is 49.7 Å². The molecule has 0 saturated carbocycles. The predicted octanol–water partition coefficient (Wildman–Crippen LogP) is 2.79. The molecule has 5 heteroatoms. The van der Waals surface area contributed by atoms with Crippen molar-refractivity contribution >= 4 is 5.96 Å². The van der Waals surface area contributed by atoms with Gasteiger partial charge in [-0.1, -0.05) is 30.9 Å². The third-order valence-corrected chi connectivity index (χ3v) is 4.60. The van der Waals surface area contributed by atoms with Crippen molar-refractivity contribution < 1.29 is 4.74 Å². The number of para-hydroxylation sites is 1. The number of piperidine rings is 1. The van der Waals surface area contributed by atoms with Crippen molar-refractivity contribution in [3.63, 3.8) is 0 Å². The van der Waals surface area contributed by atoms with Gasteiger partial charge < -0.3 is 20.3 Å². The Balaban J connectivity index is 1.84. The molecular formula is C20H32N4O.